The van der Waals surface area contributed by atoms with Crippen LogP contribution >= 0.6 is 0 Å². The Morgan fingerprint density at radius 1 is 1.08 bits per heavy atom. The van der Waals surface area contributed by atoms with Crippen LogP contribution in [-0.2, 0) is 4.79 Å². The molecule has 0 saturated heterocycles. The normalized spacial score (nSPS) is 11.5. The molecule has 24 heavy (non-hydrogen) atoms. The highest BCUT2D eigenvalue weighted by atomic mass is 16.5. The van der Waals surface area contributed by atoms with Crippen molar-refractivity contribution in [3.8, 4) is 17.2 Å². The number of rotatable bonds is 7. The molecular formula is C19H23NO4. The number of nitrogens with one attached hydrogen (secondary N) is 1. The standard InChI is InChI=1S/C19H23NO4/c1-5-16(24-14-9-7-6-8-10-14)19(21)20-15-12-18(23-4)17(22-3)11-13(15)2/h6-12,16H,5H2,1-4H3,(H,20,21)/t16-/m0/s1. The molecule has 0 bridgehead atoms. The average Bonchev–Trinajstić information content (AvgIpc) is 2.61. The molecule has 1 amide bonds. The summed E-state index contributed by atoms with van der Waals surface area (Å²) in [5.41, 5.74) is 1.56. The quantitative estimate of drug-likeness (QED) is 0.839. The molecule has 1 N–H and O–H groups in total. The van der Waals surface area contributed by atoms with E-state index in [1.807, 2.05) is 50.2 Å². The average molecular weight is 329 g/mol. The number of benzene rings is 2. The van der Waals surface area contributed by atoms with Crippen molar-refractivity contribution >= 4 is 11.6 Å². The van der Waals surface area contributed by atoms with Gasteiger partial charge in [0, 0.05) is 11.8 Å². The van der Waals surface area contributed by atoms with E-state index in [0.29, 0.717) is 29.4 Å². The first-order valence-electron chi connectivity index (χ1n) is 7.84. The van der Waals surface area contributed by atoms with Crippen molar-refractivity contribution in [2.24, 2.45) is 0 Å². The van der Waals surface area contributed by atoms with Crippen LogP contribution in [0.1, 0.15) is 18.9 Å². The van der Waals surface area contributed by atoms with E-state index < -0.39 is 6.10 Å². The molecule has 2 aromatic rings. The van der Waals surface area contributed by atoms with Gasteiger partial charge in [0.2, 0.25) is 0 Å². The Morgan fingerprint density at radius 3 is 2.29 bits per heavy atom. The second-order valence-electron chi connectivity index (χ2n) is 5.34. The van der Waals surface area contributed by atoms with Crippen LogP contribution in [-0.4, -0.2) is 26.2 Å². The van der Waals surface area contributed by atoms with Crippen LogP contribution in [0.25, 0.3) is 0 Å². The summed E-state index contributed by atoms with van der Waals surface area (Å²) in [4.78, 5) is 12.5. The van der Waals surface area contributed by atoms with Crippen LogP contribution in [0.5, 0.6) is 17.2 Å². The van der Waals surface area contributed by atoms with Gasteiger partial charge in [0.1, 0.15) is 5.75 Å². The van der Waals surface area contributed by atoms with Crippen molar-refractivity contribution in [1.82, 2.24) is 0 Å². The van der Waals surface area contributed by atoms with E-state index in [4.69, 9.17) is 14.2 Å². The third-order valence-corrected chi connectivity index (χ3v) is 3.67. The molecule has 0 aliphatic carbocycles. The Morgan fingerprint density at radius 2 is 1.71 bits per heavy atom. The number of carbonyl (C=O) groups excluding carboxylic acids is 1. The topological polar surface area (TPSA) is 56.8 Å². The summed E-state index contributed by atoms with van der Waals surface area (Å²) in [6.45, 7) is 3.81. The lowest BCUT2D eigenvalue weighted by atomic mass is 10.1. The number of aryl methyl sites for hydroxylation is 1. The number of methoxy groups -OCH3 is 2. The minimum absolute atomic E-state index is 0.198. The van der Waals surface area contributed by atoms with Crippen LogP contribution in [0.2, 0.25) is 0 Å². The highest BCUT2D eigenvalue weighted by Crippen LogP contribution is 2.33. The highest BCUT2D eigenvalue weighted by molar-refractivity contribution is 5.95. The van der Waals surface area contributed by atoms with E-state index in [9.17, 15) is 4.79 Å². The van der Waals surface area contributed by atoms with E-state index in [-0.39, 0.29) is 5.91 Å². The van der Waals surface area contributed by atoms with Crippen LogP contribution in [0.3, 0.4) is 0 Å². The van der Waals surface area contributed by atoms with Gasteiger partial charge in [0.25, 0.3) is 5.91 Å². The summed E-state index contributed by atoms with van der Waals surface area (Å²) in [5.74, 6) is 1.66. The molecule has 5 heteroatoms. The summed E-state index contributed by atoms with van der Waals surface area (Å²) in [6, 6.07) is 12.9. The first-order chi connectivity index (χ1) is 11.6. The molecule has 2 aromatic carbocycles. The zero-order valence-corrected chi connectivity index (χ0v) is 14.5. The van der Waals surface area contributed by atoms with Crippen molar-refractivity contribution < 1.29 is 19.0 Å². The lowest BCUT2D eigenvalue weighted by Crippen LogP contribution is -2.32. The Labute approximate surface area is 142 Å². The molecule has 128 valence electrons. The molecule has 2 rings (SSSR count). The van der Waals surface area contributed by atoms with E-state index in [2.05, 4.69) is 5.32 Å². The van der Waals surface area contributed by atoms with Crippen LogP contribution < -0.4 is 19.5 Å². The Hall–Kier alpha value is -2.69. The van der Waals surface area contributed by atoms with Gasteiger partial charge in [0.15, 0.2) is 17.6 Å². The number of amides is 1. The minimum atomic E-state index is -0.570. The number of hydrogen-bond acceptors (Lipinski definition) is 4. The molecule has 0 aliphatic rings. The highest BCUT2D eigenvalue weighted by Gasteiger charge is 2.20. The number of anilines is 1. The van der Waals surface area contributed by atoms with Gasteiger partial charge in [-0.25, -0.2) is 0 Å². The second-order valence-corrected chi connectivity index (χ2v) is 5.34. The van der Waals surface area contributed by atoms with Crippen LogP contribution in [0.15, 0.2) is 42.5 Å². The van der Waals surface area contributed by atoms with Crippen LogP contribution in [0, 0.1) is 6.92 Å². The maximum absolute atomic E-state index is 12.5. The number of para-hydroxylation sites is 1. The summed E-state index contributed by atoms with van der Waals surface area (Å²) in [5, 5.41) is 2.91. The van der Waals surface area contributed by atoms with E-state index >= 15 is 0 Å². The summed E-state index contributed by atoms with van der Waals surface area (Å²) >= 11 is 0. The fourth-order valence-corrected chi connectivity index (χ4v) is 2.31. The molecule has 0 unspecified atom stereocenters. The van der Waals surface area contributed by atoms with Gasteiger partial charge in [-0.3, -0.25) is 4.79 Å². The summed E-state index contributed by atoms with van der Waals surface area (Å²) in [6.07, 6.45) is -0.00698. The molecule has 0 fully saturated rings. The van der Waals surface area contributed by atoms with Gasteiger partial charge in [-0.1, -0.05) is 25.1 Å². The SMILES string of the molecule is CC[C@H](Oc1ccccc1)C(=O)Nc1cc(OC)c(OC)cc1C. The number of carbonyl (C=O) groups is 1. The molecule has 1 atom stereocenters. The van der Waals surface area contributed by atoms with Crippen molar-refractivity contribution in [1.29, 1.82) is 0 Å². The third-order valence-electron chi connectivity index (χ3n) is 3.67. The first-order valence-corrected chi connectivity index (χ1v) is 7.84. The lowest BCUT2D eigenvalue weighted by molar-refractivity contribution is -0.122. The van der Waals surface area contributed by atoms with Gasteiger partial charge in [-0.2, -0.15) is 0 Å². The Kier molecular flexibility index (Phi) is 6.07. The molecule has 0 aromatic heterocycles. The third kappa shape index (κ3) is 4.19. The van der Waals surface area contributed by atoms with Gasteiger partial charge < -0.3 is 19.5 Å². The molecule has 5 nitrogen and oxygen atoms in total. The lowest BCUT2D eigenvalue weighted by Gasteiger charge is -2.19. The molecule has 0 saturated carbocycles. The largest absolute Gasteiger partial charge is 0.493 e. The molecule has 0 spiro atoms. The molecule has 0 radical (unpaired) electrons. The van der Waals surface area contributed by atoms with Crippen molar-refractivity contribution in [3.63, 3.8) is 0 Å². The Bertz CT molecular complexity index is 685. The van der Waals surface area contributed by atoms with Gasteiger partial charge in [-0.05, 0) is 37.1 Å². The van der Waals surface area contributed by atoms with Crippen molar-refractivity contribution in [2.45, 2.75) is 26.4 Å². The van der Waals surface area contributed by atoms with Gasteiger partial charge >= 0.3 is 0 Å². The van der Waals surface area contributed by atoms with Crippen molar-refractivity contribution in [2.75, 3.05) is 19.5 Å². The molecule has 0 aliphatic heterocycles. The summed E-state index contributed by atoms with van der Waals surface area (Å²) < 4.78 is 16.3. The second kappa shape index (κ2) is 8.24. The predicted molar refractivity (Wildman–Crippen MR) is 94.1 cm³/mol. The maximum Gasteiger partial charge on any atom is 0.265 e. The fourth-order valence-electron chi connectivity index (χ4n) is 2.31. The molecule has 0 heterocycles. The number of hydrogen-bond donors (Lipinski definition) is 1. The summed E-state index contributed by atoms with van der Waals surface area (Å²) in [7, 11) is 3.14. The van der Waals surface area contributed by atoms with Gasteiger partial charge in [-0.15, -0.1) is 0 Å². The predicted octanol–water partition coefficient (Wildman–Crippen LogP) is 3.81. The zero-order chi connectivity index (χ0) is 17.5. The molecular weight excluding hydrogens is 306 g/mol. The van der Waals surface area contributed by atoms with E-state index in [1.165, 1.54) is 0 Å². The Balaban J connectivity index is 2.15. The number of ether oxygens (including phenoxy) is 3. The zero-order valence-electron chi connectivity index (χ0n) is 14.5. The first kappa shape index (κ1) is 17.7. The minimum Gasteiger partial charge on any atom is -0.493 e. The van der Waals surface area contributed by atoms with E-state index in [0.717, 1.165) is 5.56 Å². The van der Waals surface area contributed by atoms with Gasteiger partial charge in [0.05, 0.1) is 14.2 Å². The van der Waals surface area contributed by atoms with E-state index in [1.54, 1.807) is 20.3 Å². The smallest absolute Gasteiger partial charge is 0.265 e. The van der Waals surface area contributed by atoms with Crippen molar-refractivity contribution in [3.05, 3.63) is 48.0 Å². The van der Waals surface area contributed by atoms with Crippen LogP contribution in [0.4, 0.5) is 5.69 Å². The fraction of sp³-hybridized carbons (Fsp3) is 0.316. The monoisotopic (exact) mass is 329 g/mol. The maximum atomic E-state index is 12.5.